The number of hydrogen-bond donors (Lipinski definition) is 1. The number of fused-ring (bicyclic) bond motifs is 1. The van der Waals surface area contributed by atoms with Gasteiger partial charge in [-0.2, -0.15) is 4.98 Å². The molecule has 2 heterocycles. The number of aryl methyl sites for hydroxylation is 1. The maximum atomic E-state index is 13.3. The molecule has 1 aliphatic carbocycles. The van der Waals surface area contributed by atoms with Crippen LogP contribution in [0.3, 0.4) is 0 Å². The number of carbonyl (C=O) groups is 1. The molecule has 1 atom stereocenters. The van der Waals surface area contributed by atoms with Gasteiger partial charge in [0, 0.05) is 23.4 Å². The molecule has 0 bridgehead atoms. The molecular formula is C25H26N4OS. The van der Waals surface area contributed by atoms with Crippen LogP contribution in [0, 0.1) is 12.3 Å². The second kappa shape index (κ2) is 7.68. The lowest BCUT2D eigenvalue weighted by molar-refractivity contribution is -0.118. The topological polar surface area (TPSA) is 59.8 Å². The Morgan fingerprint density at radius 2 is 1.84 bits per heavy atom. The van der Waals surface area contributed by atoms with E-state index in [2.05, 4.69) is 62.5 Å². The molecule has 31 heavy (non-hydrogen) atoms. The summed E-state index contributed by atoms with van der Waals surface area (Å²) in [6.07, 6.45) is 1.38. The summed E-state index contributed by atoms with van der Waals surface area (Å²) in [5, 5.41) is 8.99. The predicted molar refractivity (Wildman–Crippen MR) is 124 cm³/mol. The largest absolute Gasteiger partial charge is 0.328 e. The Labute approximate surface area is 187 Å². The van der Waals surface area contributed by atoms with Crippen molar-refractivity contribution in [3.63, 3.8) is 0 Å². The minimum atomic E-state index is -0.242. The summed E-state index contributed by atoms with van der Waals surface area (Å²) in [5.74, 6) is 1.72. The molecule has 0 amide bonds. The van der Waals surface area contributed by atoms with Gasteiger partial charge in [-0.15, -0.1) is 5.10 Å². The van der Waals surface area contributed by atoms with Gasteiger partial charge >= 0.3 is 0 Å². The first-order valence-electron chi connectivity index (χ1n) is 10.6. The van der Waals surface area contributed by atoms with Crippen molar-refractivity contribution in [2.45, 2.75) is 50.6 Å². The zero-order chi connectivity index (χ0) is 21.6. The molecule has 0 saturated carbocycles. The molecule has 1 aromatic heterocycles. The van der Waals surface area contributed by atoms with Gasteiger partial charge in [0.25, 0.3) is 0 Å². The highest BCUT2D eigenvalue weighted by Gasteiger charge is 2.41. The fourth-order valence-electron chi connectivity index (χ4n) is 4.43. The van der Waals surface area contributed by atoms with E-state index in [1.807, 2.05) is 22.9 Å². The molecule has 0 saturated heterocycles. The molecule has 0 spiro atoms. The average Bonchev–Trinajstić information content (AvgIpc) is 3.14. The lowest BCUT2D eigenvalue weighted by Crippen LogP contribution is -2.36. The predicted octanol–water partition coefficient (Wildman–Crippen LogP) is 5.54. The van der Waals surface area contributed by atoms with Crippen LogP contribution in [0.2, 0.25) is 0 Å². The van der Waals surface area contributed by atoms with Crippen LogP contribution in [0.4, 0.5) is 5.95 Å². The van der Waals surface area contributed by atoms with Crippen molar-refractivity contribution < 1.29 is 4.79 Å². The lowest BCUT2D eigenvalue weighted by atomic mass is 9.73. The van der Waals surface area contributed by atoms with E-state index < -0.39 is 0 Å². The van der Waals surface area contributed by atoms with Crippen LogP contribution in [0.15, 0.2) is 71.0 Å². The van der Waals surface area contributed by atoms with E-state index in [9.17, 15) is 4.79 Å². The van der Waals surface area contributed by atoms with E-state index in [-0.39, 0.29) is 17.2 Å². The number of allylic oxidation sites excluding steroid dienone is 2. The van der Waals surface area contributed by atoms with E-state index >= 15 is 0 Å². The summed E-state index contributed by atoms with van der Waals surface area (Å²) in [6.45, 7) is 6.37. The van der Waals surface area contributed by atoms with Gasteiger partial charge in [-0.25, -0.2) is 4.68 Å². The molecule has 3 aromatic rings. The minimum absolute atomic E-state index is 0.0617. The molecule has 5 nitrogen and oxygen atoms in total. The number of hydrogen-bond acceptors (Lipinski definition) is 5. The Bertz CT molecular complexity index is 1160. The first-order chi connectivity index (χ1) is 14.9. The second-order valence-corrected chi connectivity index (χ2v) is 10.2. The first kappa shape index (κ1) is 20.1. The van der Waals surface area contributed by atoms with Gasteiger partial charge in [0.1, 0.15) is 6.04 Å². The normalized spacial score (nSPS) is 19.6. The van der Waals surface area contributed by atoms with Gasteiger partial charge in [-0.3, -0.25) is 4.79 Å². The summed E-state index contributed by atoms with van der Waals surface area (Å²) in [5.41, 5.74) is 5.26. The van der Waals surface area contributed by atoms with E-state index in [4.69, 9.17) is 10.1 Å². The molecule has 0 fully saturated rings. The van der Waals surface area contributed by atoms with E-state index in [1.54, 1.807) is 11.8 Å². The van der Waals surface area contributed by atoms with Crippen LogP contribution in [-0.2, 0) is 10.5 Å². The van der Waals surface area contributed by atoms with Crippen molar-refractivity contribution in [3.8, 4) is 0 Å². The molecule has 2 aromatic carbocycles. The van der Waals surface area contributed by atoms with Crippen molar-refractivity contribution in [2.24, 2.45) is 5.41 Å². The smallest absolute Gasteiger partial charge is 0.227 e. The third-order valence-electron chi connectivity index (χ3n) is 5.92. The van der Waals surface area contributed by atoms with Crippen LogP contribution in [0.25, 0.3) is 0 Å². The van der Waals surface area contributed by atoms with Gasteiger partial charge in [0.15, 0.2) is 5.78 Å². The highest BCUT2D eigenvalue weighted by Crippen LogP contribution is 2.45. The maximum absolute atomic E-state index is 13.3. The molecule has 1 aliphatic heterocycles. The summed E-state index contributed by atoms with van der Waals surface area (Å²) < 4.78 is 1.90. The molecule has 2 aliphatic rings. The van der Waals surface area contributed by atoms with Gasteiger partial charge in [0.05, 0.1) is 0 Å². The zero-order valence-electron chi connectivity index (χ0n) is 18.1. The molecule has 5 rings (SSSR count). The van der Waals surface area contributed by atoms with Crippen LogP contribution < -0.4 is 5.32 Å². The quantitative estimate of drug-likeness (QED) is 0.551. The molecule has 158 valence electrons. The number of benzene rings is 2. The lowest BCUT2D eigenvalue weighted by Gasteiger charge is -2.38. The summed E-state index contributed by atoms with van der Waals surface area (Å²) in [7, 11) is 0. The first-order valence-corrected chi connectivity index (χ1v) is 11.6. The SMILES string of the molecule is Cc1ccc([C@H]2C3=C(CC(C)(C)CC3=O)Nc3nc(SCc4ccccc4)nn32)cc1. The standard InChI is InChI=1S/C25H26N4OS/c1-16-9-11-18(12-10-16)22-21-19(13-25(2,3)14-20(21)30)26-23-27-24(28-29(22)23)31-15-17-7-5-4-6-8-17/h4-12,22H,13-15H2,1-3H3,(H,26,27,28)/t22-/m0/s1. The number of nitrogens with zero attached hydrogens (tertiary/aromatic N) is 3. The van der Waals surface area contributed by atoms with Crippen molar-refractivity contribution in [2.75, 3.05) is 5.32 Å². The molecule has 0 unspecified atom stereocenters. The third kappa shape index (κ3) is 3.92. The second-order valence-electron chi connectivity index (χ2n) is 9.21. The van der Waals surface area contributed by atoms with Gasteiger partial charge in [-0.1, -0.05) is 85.8 Å². The number of nitrogens with one attached hydrogen (secondary N) is 1. The number of rotatable bonds is 4. The number of anilines is 1. The van der Waals surface area contributed by atoms with Crippen molar-refractivity contribution in [1.82, 2.24) is 14.8 Å². The van der Waals surface area contributed by atoms with Crippen molar-refractivity contribution in [1.29, 1.82) is 0 Å². The molecule has 1 N–H and O–H groups in total. The van der Waals surface area contributed by atoms with Crippen LogP contribution in [-0.4, -0.2) is 20.5 Å². The number of carbonyl (C=O) groups excluding carboxylic acids is 1. The maximum Gasteiger partial charge on any atom is 0.227 e. The summed E-state index contributed by atoms with van der Waals surface area (Å²) in [6, 6.07) is 18.5. The van der Waals surface area contributed by atoms with Crippen molar-refractivity contribution >= 4 is 23.5 Å². The Balaban J connectivity index is 1.54. The highest BCUT2D eigenvalue weighted by atomic mass is 32.2. The third-order valence-corrected chi connectivity index (χ3v) is 6.83. The summed E-state index contributed by atoms with van der Waals surface area (Å²) in [4.78, 5) is 18.0. The number of thioether (sulfide) groups is 1. The van der Waals surface area contributed by atoms with Crippen LogP contribution in [0.1, 0.15) is 49.4 Å². The molecule has 6 heteroatoms. The Morgan fingerprint density at radius 1 is 1.10 bits per heavy atom. The molecule has 0 radical (unpaired) electrons. The number of aromatic nitrogens is 3. The van der Waals surface area contributed by atoms with E-state index in [0.29, 0.717) is 12.4 Å². The number of Topliss-reactive ketones (excluding diaryl/α,β-unsaturated/α-hetero) is 1. The van der Waals surface area contributed by atoms with Crippen molar-refractivity contribution in [3.05, 3.63) is 82.6 Å². The van der Waals surface area contributed by atoms with E-state index in [0.717, 1.165) is 34.2 Å². The summed E-state index contributed by atoms with van der Waals surface area (Å²) >= 11 is 1.61. The zero-order valence-corrected chi connectivity index (χ0v) is 18.9. The van der Waals surface area contributed by atoms with Gasteiger partial charge < -0.3 is 5.32 Å². The Kier molecular flexibility index (Phi) is 4.97. The fraction of sp³-hybridized carbons (Fsp3) is 0.320. The monoisotopic (exact) mass is 430 g/mol. The van der Waals surface area contributed by atoms with Crippen LogP contribution in [0.5, 0.6) is 0 Å². The number of ketones is 1. The average molecular weight is 431 g/mol. The minimum Gasteiger partial charge on any atom is -0.328 e. The van der Waals surface area contributed by atoms with E-state index in [1.165, 1.54) is 11.1 Å². The molecular weight excluding hydrogens is 404 g/mol. The highest BCUT2D eigenvalue weighted by molar-refractivity contribution is 7.98. The fourth-order valence-corrected chi connectivity index (χ4v) is 5.21. The van der Waals surface area contributed by atoms with Gasteiger partial charge in [0.2, 0.25) is 11.1 Å². The Morgan fingerprint density at radius 3 is 2.58 bits per heavy atom. The Hall–Kier alpha value is -2.86. The van der Waals surface area contributed by atoms with Crippen LogP contribution >= 0.6 is 11.8 Å². The van der Waals surface area contributed by atoms with Gasteiger partial charge in [-0.05, 0) is 29.9 Å².